The lowest BCUT2D eigenvalue weighted by Crippen LogP contribution is -2.11. The monoisotopic (exact) mass is 269 g/mol. The fraction of sp³-hybridized carbons (Fsp3) is 0.474. The molecular formula is C19H27N. The quantitative estimate of drug-likeness (QED) is 0.769. The van der Waals surface area contributed by atoms with E-state index in [1.807, 2.05) is 0 Å². The Morgan fingerprint density at radius 2 is 2.25 bits per heavy atom. The van der Waals surface area contributed by atoms with Gasteiger partial charge in [0.2, 0.25) is 0 Å². The van der Waals surface area contributed by atoms with Gasteiger partial charge in [0.05, 0.1) is 0 Å². The Balaban J connectivity index is 2.22. The highest BCUT2D eigenvalue weighted by Gasteiger charge is 2.21. The smallest absolute Gasteiger partial charge is 0.000642 e. The lowest BCUT2D eigenvalue weighted by molar-refractivity contribution is 0.546. The molecule has 1 heteroatoms. The molecule has 20 heavy (non-hydrogen) atoms. The number of fused-ring (bicyclic) bond motifs is 1. The molecule has 0 bridgehead atoms. The third kappa shape index (κ3) is 3.53. The predicted molar refractivity (Wildman–Crippen MR) is 87.9 cm³/mol. The van der Waals surface area contributed by atoms with Gasteiger partial charge in [-0.1, -0.05) is 44.2 Å². The second kappa shape index (κ2) is 6.78. The highest BCUT2D eigenvalue weighted by molar-refractivity contribution is 5.38. The molecule has 2 rings (SSSR count). The van der Waals surface area contributed by atoms with E-state index in [0.717, 1.165) is 6.42 Å². The molecule has 1 aliphatic rings. The van der Waals surface area contributed by atoms with E-state index >= 15 is 0 Å². The number of aryl methyl sites for hydroxylation is 1. The van der Waals surface area contributed by atoms with E-state index in [4.69, 9.17) is 0 Å². The molecule has 0 fully saturated rings. The molecule has 1 atom stereocenters. The topological polar surface area (TPSA) is 12.0 Å². The number of hydrogen-bond acceptors (Lipinski definition) is 1. The summed E-state index contributed by atoms with van der Waals surface area (Å²) in [7, 11) is 0. The van der Waals surface area contributed by atoms with E-state index in [1.165, 1.54) is 30.4 Å². The fourth-order valence-corrected chi connectivity index (χ4v) is 3.14. The molecule has 1 N–H and O–H groups in total. The van der Waals surface area contributed by atoms with Crippen molar-refractivity contribution in [2.24, 2.45) is 0 Å². The van der Waals surface area contributed by atoms with Gasteiger partial charge in [0.1, 0.15) is 0 Å². The predicted octanol–water partition coefficient (Wildman–Crippen LogP) is 5.26. The van der Waals surface area contributed by atoms with E-state index in [9.17, 15) is 0 Å². The van der Waals surface area contributed by atoms with Crippen LogP contribution in [0, 0.1) is 0 Å². The Kier molecular flexibility index (Phi) is 5.05. The first kappa shape index (κ1) is 14.9. The van der Waals surface area contributed by atoms with E-state index in [1.54, 1.807) is 17.3 Å². The number of rotatable bonds is 5. The summed E-state index contributed by atoms with van der Waals surface area (Å²) in [6, 6.07) is 7.13. The Bertz CT molecular complexity index is 496. The lowest BCUT2D eigenvalue weighted by Gasteiger charge is -2.27. The highest BCUT2D eigenvalue weighted by Crippen LogP contribution is 2.37. The van der Waals surface area contributed by atoms with Crippen molar-refractivity contribution in [2.45, 2.75) is 58.3 Å². The van der Waals surface area contributed by atoms with Crippen LogP contribution in [0.15, 0.2) is 42.8 Å². The van der Waals surface area contributed by atoms with Crippen molar-refractivity contribution < 1.29 is 0 Å². The summed E-state index contributed by atoms with van der Waals surface area (Å²) in [5.74, 6) is 1.29. The van der Waals surface area contributed by atoms with Crippen molar-refractivity contribution in [2.75, 3.05) is 0 Å². The SMILES string of the molecule is C=CN/C=C(\C)CC1CCCc2ccc(C(C)C)cc21. The van der Waals surface area contributed by atoms with Crippen LogP contribution in [-0.2, 0) is 6.42 Å². The summed E-state index contributed by atoms with van der Waals surface area (Å²) >= 11 is 0. The van der Waals surface area contributed by atoms with Crippen molar-refractivity contribution in [3.8, 4) is 0 Å². The maximum absolute atomic E-state index is 3.69. The summed E-state index contributed by atoms with van der Waals surface area (Å²) in [6.07, 6.45) is 8.84. The zero-order valence-electron chi connectivity index (χ0n) is 13.1. The second-order valence-electron chi connectivity index (χ2n) is 6.27. The minimum atomic E-state index is 0.613. The molecule has 1 nitrogen and oxygen atoms in total. The van der Waals surface area contributed by atoms with Crippen LogP contribution in [0.1, 0.15) is 68.6 Å². The zero-order chi connectivity index (χ0) is 14.5. The fourth-order valence-electron chi connectivity index (χ4n) is 3.14. The van der Waals surface area contributed by atoms with E-state index in [0.29, 0.717) is 11.8 Å². The maximum atomic E-state index is 3.69. The molecule has 0 aromatic heterocycles. The number of hydrogen-bond donors (Lipinski definition) is 1. The van der Waals surface area contributed by atoms with Crippen LogP contribution in [0.4, 0.5) is 0 Å². The van der Waals surface area contributed by atoms with Crippen molar-refractivity contribution in [3.63, 3.8) is 0 Å². The minimum Gasteiger partial charge on any atom is -0.368 e. The molecule has 0 amide bonds. The summed E-state index contributed by atoms with van der Waals surface area (Å²) in [5.41, 5.74) is 6.03. The first-order chi connectivity index (χ1) is 9.61. The standard InChI is InChI=1S/C19H27N/c1-5-20-13-15(4)11-18-8-6-7-16-9-10-17(14(2)3)12-19(16)18/h5,9-10,12-14,18,20H,1,6-8,11H2,2-4H3/b15-13+. The van der Waals surface area contributed by atoms with E-state index < -0.39 is 0 Å². The normalized spacial score (nSPS) is 18.8. The average Bonchev–Trinajstić information content (AvgIpc) is 2.45. The van der Waals surface area contributed by atoms with Gasteiger partial charge in [0.25, 0.3) is 0 Å². The Labute approximate surface area is 123 Å². The van der Waals surface area contributed by atoms with Crippen LogP contribution in [0.2, 0.25) is 0 Å². The molecule has 0 heterocycles. The Morgan fingerprint density at radius 1 is 1.45 bits per heavy atom. The summed E-state index contributed by atoms with van der Waals surface area (Å²) < 4.78 is 0. The molecule has 1 aromatic carbocycles. The number of benzene rings is 1. The lowest BCUT2D eigenvalue weighted by atomic mass is 9.78. The number of nitrogens with one attached hydrogen (secondary N) is 1. The summed E-state index contributed by atoms with van der Waals surface area (Å²) in [4.78, 5) is 0. The van der Waals surface area contributed by atoms with Gasteiger partial charge in [-0.05, 0) is 73.5 Å². The van der Waals surface area contributed by atoms with E-state index in [2.05, 4.69) is 57.1 Å². The molecule has 1 unspecified atom stereocenters. The van der Waals surface area contributed by atoms with Gasteiger partial charge in [0, 0.05) is 0 Å². The van der Waals surface area contributed by atoms with Crippen LogP contribution >= 0.6 is 0 Å². The molecule has 0 radical (unpaired) electrons. The van der Waals surface area contributed by atoms with Gasteiger partial charge in [0.15, 0.2) is 0 Å². The highest BCUT2D eigenvalue weighted by atomic mass is 14.8. The maximum Gasteiger partial charge on any atom is -0.000642 e. The zero-order valence-corrected chi connectivity index (χ0v) is 13.1. The number of allylic oxidation sites excluding steroid dienone is 1. The van der Waals surface area contributed by atoms with E-state index in [-0.39, 0.29) is 0 Å². The Morgan fingerprint density at radius 3 is 2.95 bits per heavy atom. The van der Waals surface area contributed by atoms with Crippen LogP contribution in [0.25, 0.3) is 0 Å². The van der Waals surface area contributed by atoms with Gasteiger partial charge in [-0.25, -0.2) is 0 Å². The first-order valence-corrected chi connectivity index (χ1v) is 7.77. The van der Waals surface area contributed by atoms with Crippen LogP contribution in [-0.4, -0.2) is 0 Å². The molecule has 0 saturated carbocycles. The van der Waals surface area contributed by atoms with Crippen LogP contribution in [0.3, 0.4) is 0 Å². The Hall–Kier alpha value is -1.50. The second-order valence-corrected chi connectivity index (χ2v) is 6.27. The minimum absolute atomic E-state index is 0.613. The molecule has 0 saturated heterocycles. The van der Waals surface area contributed by atoms with Gasteiger partial charge in [-0.15, -0.1) is 0 Å². The van der Waals surface area contributed by atoms with Gasteiger partial charge in [-0.2, -0.15) is 0 Å². The van der Waals surface area contributed by atoms with Gasteiger partial charge in [-0.3, -0.25) is 0 Å². The third-order valence-corrected chi connectivity index (χ3v) is 4.29. The molecular weight excluding hydrogens is 242 g/mol. The van der Waals surface area contributed by atoms with Crippen LogP contribution in [0.5, 0.6) is 0 Å². The molecule has 1 aliphatic carbocycles. The summed E-state index contributed by atoms with van der Waals surface area (Å²) in [5, 5.41) is 3.09. The van der Waals surface area contributed by atoms with Crippen LogP contribution < -0.4 is 5.32 Å². The molecule has 108 valence electrons. The van der Waals surface area contributed by atoms with Crippen molar-refractivity contribution in [1.82, 2.24) is 5.32 Å². The van der Waals surface area contributed by atoms with Gasteiger partial charge >= 0.3 is 0 Å². The molecule has 1 aromatic rings. The van der Waals surface area contributed by atoms with Gasteiger partial charge < -0.3 is 5.32 Å². The van der Waals surface area contributed by atoms with Crippen molar-refractivity contribution in [3.05, 3.63) is 59.4 Å². The summed E-state index contributed by atoms with van der Waals surface area (Å²) in [6.45, 7) is 10.4. The molecule has 0 spiro atoms. The third-order valence-electron chi connectivity index (χ3n) is 4.29. The molecule has 0 aliphatic heterocycles. The largest absolute Gasteiger partial charge is 0.368 e. The van der Waals surface area contributed by atoms with Crippen molar-refractivity contribution in [1.29, 1.82) is 0 Å². The first-order valence-electron chi connectivity index (χ1n) is 7.77. The average molecular weight is 269 g/mol. The van der Waals surface area contributed by atoms with Crippen molar-refractivity contribution >= 4 is 0 Å².